The Kier molecular flexibility index (Phi) is 3.75. The molecule has 0 amide bonds. The summed E-state index contributed by atoms with van der Waals surface area (Å²) in [4.78, 5) is 10.6. The number of esters is 1. The van der Waals surface area contributed by atoms with E-state index in [1.807, 2.05) is 0 Å². The fraction of sp³-hybridized carbons (Fsp3) is 0.500. The molecule has 0 spiro atoms. The first kappa shape index (κ1) is 11.0. The van der Waals surface area contributed by atoms with Gasteiger partial charge >= 0.3 is 5.97 Å². The predicted octanol–water partition coefficient (Wildman–Crippen LogP) is -0.00650. The van der Waals surface area contributed by atoms with E-state index in [0.717, 1.165) is 6.26 Å². The van der Waals surface area contributed by atoms with Crippen LogP contribution in [0.3, 0.4) is 0 Å². The number of rotatable bonds is 3. The van der Waals surface area contributed by atoms with Crippen LogP contribution in [-0.4, -0.2) is 32.4 Å². The van der Waals surface area contributed by atoms with E-state index in [1.165, 1.54) is 0 Å². The van der Waals surface area contributed by atoms with Gasteiger partial charge in [-0.15, -0.1) is 0 Å². The molecule has 0 radical (unpaired) electrons. The molecule has 0 aromatic rings. The van der Waals surface area contributed by atoms with Crippen molar-refractivity contribution in [3.8, 4) is 0 Å². The second-order valence-electron chi connectivity index (χ2n) is 2.05. The highest BCUT2D eigenvalue weighted by atomic mass is 32.2. The van der Waals surface area contributed by atoms with Crippen molar-refractivity contribution >= 4 is 15.8 Å². The van der Waals surface area contributed by atoms with Gasteiger partial charge in [-0.1, -0.05) is 0 Å². The number of aliphatic hydroxyl groups excluding tert-OH is 1. The van der Waals surface area contributed by atoms with Gasteiger partial charge in [-0.3, -0.25) is 0 Å². The molecule has 5 nitrogen and oxygen atoms in total. The molecule has 0 heterocycles. The van der Waals surface area contributed by atoms with Crippen LogP contribution in [0, 0.1) is 0 Å². The largest absolute Gasteiger partial charge is 0.501 e. The standard InChI is InChI=1S/C6H10O5S/c1-3-11-6(8)5(7)4-12(2,9)10/h4,7H,3H2,1-2H3/b5-4-. The Bertz CT molecular complexity index is 287. The first-order valence-corrected chi connectivity index (χ1v) is 5.10. The SMILES string of the molecule is CCOC(=O)/C(O)=C/S(C)(=O)=O. The van der Waals surface area contributed by atoms with E-state index in [-0.39, 0.29) is 6.61 Å². The fourth-order valence-corrected chi connectivity index (χ4v) is 0.958. The Morgan fingerprint density at radius 3 is 2.42 bits per heavy atom. The van der Waals surface area contributed by atoms with Gasteiger partial charge in [0.2, 0.25) is 5.76 Å². The molecule has 70 valence electrons. The maximum absolute atomic E-state index is 10.6. The van der Waals surface area contributed by atoms with Crippen LogP contribution in [0.1, 0.15) is 6.92 Å². The van der Waals surface area contributed by atoms with Crippen LogP contribution in [0.5, 0.6) is 0 Å². The lowest BCUT2D eigenvalue weighted by atomic mass is 10.6. The quantitative estimate of drug-likeness (QED) is 0.388. The average Bonchev–Trinajstić information content (AvgIpc) is 1.84. The lowest BCUT2D eigenvalue weighted by molar-refractivity contribution is -0.141. The van der Waals surface area contributed by atoms with Gasteiger partial charge in [-0.05, 0) is 6.92 Å². The van der Waals surface area contributed by atoms with E-state index in [1.54, 1.807) is 6.92 Å². The molecule has 0 aromatic heterocycles. The van der Waals surface area contributed by atoms with Crippen molar-refractivity contribution in [3.63, 3.8) is 0 Å². The summed E-state index contributed by atoms with van der Waals surface area (Å²) in [5.41, 5.74) is 0. The molecule has 0 bridgehead atoms. The van der Waals surface area contributed by atoms with Gasteiger partial charge in [0.1, 0.15) is 0 Å². The molecule has 6 heteroatoms. The van der Waals surface area contributed by atoms with Crippen molar-refractivity contribution in [1.29, 1.82) is 0 Å². The highest BCUT2D eigenvalue weighted by molar-refractivity contribution is 7.93. The minimum Gasteiger partial charge on any atom is -0.501 e. The molecule has 0 aliphatic heterocycles. The van der Waals surface area contributed by atoms with Gasteiger partial charge in [0, 0.05) is 6.26 Å². The highest BCUT2D eigenvalue weighted by Crippen LogP contribution is 1.96. The molecule has 0 aliphatic carbocycles. The molecule has 0 aromatic carbocycles. The molecule has 0 fully saturated rings. The average molecular weight is 194 g/mol. The zero-order chi connectivity index (χ0) is 9.78. The number of carbonyl (C=O) groups excluding carboxylic acids is 1. The topological polar surface area (TPSA) is 80.7 Å². The van der Waals surface area contributed by atoms with E-state index in [4.69, 9.17) is 5.11 Å². The van der Waals surface area contributed by atoms with Gasteiger partial charge < -0.3 is 9.84 Å². The number of hydrogen-bond acceptors (Lipinski definition) is 5. The lowest BCUT2D eigenvalue weighted by Gasteiger charge is -1.98. The van der Waals surface area contributed by atoms with Crippen molar-refractivity contribution in [3.05, 3.63) is 11.2 Å². The van der Waals surface area contributed by atoms with Crippen molar-refractivity contribution in [1.82, 2.24) is 0 Å². The first-order chi connectivity index (χ1) is 5.37. The monoisotopic (exact) mass is 194 g/mol. The molecular weight excluding hydrogens is 184 g/mol. The Hall–Kier alpha value is -1.04. The molecule has 0 atom stereocenters. The van der Waals surface area contributed by atoms with Crippen LogP contribution >= 0.6 is 0 Å². The molecule has 0 aliphatic rings. The third-order valence-corrected chi connectivity index (χ3v) is 1.46. The van der Waals surface area contributed by atoms with Gasteiger partial charge in [0.15, 0.2) is 9.84 Å². The first-order valence-electron chi connectivity index (χ1n) is 3.14. The molecule has 0 saturated carbocycles. The molecule has 0 unspecified atom stereocenters. The Morgan fingerprint density at radius 2 is 2.08 bits per heavy atom. The van der Waals surface area contributed by atoms with Crippen LogP contribution in [0.15, 0.2) is 11.2 Å². The third kappa shape index (κ3) is 4.73. The van der Waals surface area contributed by atoms with Crippen LogP contribution in [-0.2, 0) is 19.4 Å². The summed E-state index contributed by atoms with van der Waals surface area (Å²) >= 11 is 0. The predicted molar refractivity (Wildman–Crippen MR) is 42.2 cm³/mol. The van der Waals surface area contributed by atoms with E-state index in [2.05, 4.69) is 4.74 Å². The number of hydrogen-bond donors (Lipinski definition) is 1. The maximum atomic E-state index is 10.6. The maximum Gasteiger partial charge on any atom is 0.374 e. The second-order valence-corrected chi connectivity index (χ2v) is 3.95. The minimum atomic E-state index is -3.50. The van der Waals surface area contributed by atoms with Crippen molar-refractivity contribution < 1.29 is 23.1 Å². The van der Waals surface area contributed by atoms with Gasteiger partial charge in [-0.2, -0.15) is 0 Å². The zero-order valence-corrected chi connectivity index (χ0v) is 7.59. The fourth-order valence-electron chi connectivity index (χ4n) is 0.456. The summed E-state index contributed by atoms with van der Waals surface area (Å²) in [6.07, 6.45) is 0.864. The van der Waals surface area contributed by atoms with Crippen molar-refractivity contribution in [2.75, 3.05) is 12.9 Å². The van der Waals surface area contributed by atoms with Gasteiger partial charge in [0.05, 0.1) is 12.0 Å². The van der Waals surface area contributed by atoms with Crippen molar-refractivity contribution in [2.24, 2.45) is 0 Å². The summed E-state index contributed by atoms with van der Waals surface area (Å²) in [5.74, 6) is -1.94. The smallest absolute Gasteiger partial charge is 0.374 e. The van der Waals surface area contributed by atoms with E-state index >= 15 is 0 Å². The Labute approximate surface area is 70.6 Å². The molecule has 12 heavy (non-hydrogen) atoms. The van der Waals surface area contributed by atoms with E-state index in [0.29, 0.717) is 5.41 Å². The molecule has 0 rings (SSSR count). The summed E-state index contributed by atoms with van der Waals surface area (Å²) in [6, 6.07) is 0. The van der Waals surface area contributed by atoms with Crippen LogP contribution in [0.4, 0.5) is 0 Å². The van der Waals surface area contributed by atoms with E-state index < -0.39 is 21.6 Å². The molecule has 0 saturated heterocycles. The van der Waals surface area contributed by atoms with Gasteiger partial charge in [0.25, 0.3) is 0 Å². The minimum absolute atomic E-state index is 0.0838. The number of sulfone groups is 1. The number of carbonyl (C=O) groups is 1. The number of aliphatic hydroxyl groups is 1. The summed E-state index contributed by atoms with van der Waals surface area (Å²) in [7, 11) is -3.50. The second kappa shape index (κ2) is 4.10. The molecule has 1 N–H and O–H groups in total. The van der Waals surface area contributed by atoms with Crippen LogP contribution < -0.4 is 0 Å². The van der Waals surface area contributed by atoms with E-state index in [9.17, 15) is 13.2 Å². The van der Waals surface area contributed by atoms with Crippen LogP contribution in [0.25, 0.3) is 0 Å². The van der Waals surface area contributed by atoms with Crippen LogP contribution in [0.2, 0.25) is 0 Å². The lowest BCUT2D eigenvalue weighted by Crippen LogP contribution is -2.08. The number of ether oxygens (including phenoxy) is 1. The molecular formula is C6H10O5S. The summed E-state index contributed by atoms with van der Waals surface area (Å²) < 4.78 is 25.3. The zero-order valence-electron chi connectivity index (χ0n) is 6.77. The summed E-state index contributed by atoms with van der Waals surface area (Å²) in [5, 5.41) is 9.24. The Balaban J connectivity index is 4.50. The van der Waals surface area contributed by atoms with Crippen molar-refractivity contribution in [2.45, 2.75) is 6.92 Å². The summed E-state index contributed by atoms with van der Waals surface area (Å²) in [6.45, 7) is 1.63. The third-order valence-electron chi connectivity index (χ3n) is 0.810. The highest BCUT2D eigenvalue weighted by Gasteiger charge is 2.10. The normalized spacial score (nSPS) is 12.7. The van der Waals surface area contributed by atoms with Gasteiger partial charge in [-0.25, -0.2) is 13.2 Å². The Morgan fingerprint density at radius 1 is 1.58 bits per heavy atom.